The Labute approximate surface area is 65.2 Å². The van der Waals surface area contributed by atoms with Crippen molar-refractivity contribution in [3.63, 3.8) is 0 Å². The fourth-order valence-corrected chi connectivity index (χ4v) is 0.285. The first-order chi connectivity index (χ1) is 5.15. The minimum atomic E-state index is -0.833. The maximum atomic E-state index is 9.56. The van der Waals surface area contributed by atoms with Crippen LogP contribution in [0.15, 0.2) is 0 Å². The second-order valence-corrected chi connectivity index (χ2v) is 1.78. The largest absolute Gasteiger partial charge is 0.481 e. The number of carboxylic acids is 1. The summed E-state index contributed by atoms with van der Waals surface area (Å²) in [5.74, 6) is -0.833. The molecule has 64 valence electrons. The molecule has 0 aliphatic carbocycles. The van der Waals surface area contributed by atoms with Gasteiger partial charge in [-0.3, -0.25) is 4.79 Å². The standard InChI is InChI=1S/C5H8O2.C2H4O2/c6-4-2-1-3-5-7;1-2(3)4/h4-5H,1-3H2;1H3,(H,3,4). The van der Waals surface area contributed by atoms with Gasteiger partial charge in [-0.25, -0.2) is 0 Å². The number of rotatable bonds is 4. The summed E-state index contributed by atoms with van der Waals surface area (Å²) in [5.41, 5.74) is 0. The van der Waals surface area contributed by atoms with Crippen molar-refractivity contribution in [1.29, 1.82) is 0 Å². The first kappa shape index (κ1) is 12.5. The highest BCUT2D eigenvalue weighted by atomic mass is 16.4. The average molecular weight is 160 g/mol. The maximum Gasteiger partial charge on any atom is 0.300 e. The molecular formula is C7H12O4. The van der Waals surface area contributed by atoms with Crippen LogP contribution in [0, 0.1) is 0 Å². The Bertz CT molecular complexity index is 108. The van der Waals surface area contributed by atoms with Gasteiger partial charge in [-0.1, -0.05) is 0 Å². The van der Waals surface area contributed by atoms with Gasteiger partial charge in [0.05, 0.1) is 0 Å². The van der Waals surface area contributed by atoms with E-state index in [1.165, 1.54) is 0 Å². The molecule has 4 nitrogen and oxygen atoms in total. The van der Waals surface area contributed by atoms with Crippen LogP contribution in [0.3, 0.4) is 0 Å². The predicted octanol–water partition coefficient (Wildman–Crippen LogP) is 0.645. The van der Waals surface area contributed by atoms with Gasteiger partial charge in [-0.2, -0.15) is 0 Å². The van der Waals surface area contributed by atoms with E-state index in [-0.39, 0.29) is 0 Å². The summed E-state index contributed by atoms with van der Waals surface area (Å²) < 4.78 is 0. The van der Waals surface area contributed by atoms with E-state index >= 15 is 0 Å². The summed E-state index contributed by atoms with van der Waals surface area (Å²) >= 11 is 0. The van der Waals surface area contributed by atoms with Crippen LogP contribution in [0.5, 0.6) is 0 Å². The van der Waals surface area contributed by atoms with Crippen LogP contribution in [0.1, 0.15) is 26.2 Å². The molecule has 0 aromatic rings. The fourth-order valence-electron chi connectivity index (χ4n) is 0.285. The predicted molar refractivity (Wildman–Crippen MR) is 39.3 cm³/mol. The van der Waals surface area contributed by atoms with Crippen molar-refractivity contribution in [2.24, 2.45) is 0 Å². The van der Waals surface area contributed by atoms with Gasteiger partial charge in [-0.05, 0) is 6.42 Å². The zero-order chi connectivity index (χ0) is 9.11. The molecule has 0 aromatic heterocycles. The molecule has 4 heteroatoms. The van der Waals surface area contributed by atoms with Gasteiger partial charge in [0.1, 0.15) is 12.6 Å². The molecule has 0 fully saturated rings. The Morgan fingerprint density at radius 3 is 1.73 bits per heavy atom. The van der Waals surface area contributed by atoms with Crippen molar-refractivity contribution in [2.75, 3.05) is 0 Å². The molecule has 0 saturated heterocycles. The monoisotopic (exact) mass is 160 g/mol. The number of carbonyl (C=O) groups is 3. The Hall–Kier alpha value is -1.19. The van der Waals surface area contributed by atoms with Crippen molar-refractivity contribution in [1.82, 2.24) is 0 Å². The Morgan fingerprint density at radius 1 is 1.27 bits per heavy atom. The zero-order valence-corrected chi connectivity index (χ0v) is 6.45. The second-order valence-electron chi connectivity index (χ2n) is 1.78. The molecule has 0 aliphatic heterocycles. The number of carbonyl (C=O) groups excluding carboxylic acids is 2. The van der Waals surface area contributed by atoms with E-state index in [0.29, 0.717) is 19.3 Å². The summed E-state index contributed by atoms with van der Waals surface area (Å²) in [7, 11) is 0. The van der Waals surface area contributed by atoms with Crippen LogP contribution in [0.4, 0.5) is 0 Å². The molecule has 0 atom stereocenters. The summed E-state index contributed by atoms with van der Waals surface area (Å²) in [6.07, 6.45) is 3.37. The molecule has 0 spiro atoms. The molecule has 1 N–H and O–H groups in total. The Kier molecular flexibility index (Phi) is 13.1. The van der Waals surface area contributed by atoms with E-state index < -0.39 is 5.97 Å². The summed E-state index contributed by atoms with van der Waals surface area (Å²) in [6.45, 7) is 1.08. The Balaban J connectivity index is 0. The van der Waals surface area contributed by atoms with Crippen molar-refractivity contribution < 1.29 is 19.5 Å². The van der Waals surface area contributed by atoms with Crippen LogP contribution in [0.2, 0.25) is 0 Å². The molecule has 11 heavy (non-hydrogen) atoms. The number of carboxylic acid groups (broad SMARTS) is 1. The Morgan fingerprint density at radius 2 is 1.55 bits per heavy atom. The van der Waals surface area contributed by atoms with Gasteiger partial charge in [-0.15, -0.1) is 0 Å². The third-order valence-corrected chi connectivity index (χ3v) is 0.644. The van der Waals surface area contributed by atoms with Crippen LogP contribution in [0.25, 0.3) is 0 Å². The van der Waals surface area contributed by atoms with E-state index in [4.69, 9.17) is 9.90 Å². The molecule has 0 bridgehead atoms. The van der Waals surface area contributed by atoms with Crippen molar-refractivity contribution >= 4 is 18.5 Å². The SMILES string of the molecule is CC(=O)O.O=CCCCC=O. The maximum absolute atomic E-state index is 9.56. The molecule has 0 aliphatic rings. The molecule has 0 saturated carbocycles. The quantitative estimate of drug-likeness (QED) is 0.484. The van der Waals surface area contributed by atoms with Crippen LogP contribution >= 0.6 is 0 Å². The van der Waals surface area contributed by atoms with E-state index in [1.807, 2.05) is 0 Å². The highest BCUT2D eigenvalue weighted by Gasteiger charge is 1.80. The lowest BCUT2D eigenvalue weighted by molar-refractivity contribution is -0.134. The van der Waals surface area contributed by atoms with Crippen LogP contribution in [-0.4, -0.2) is 23.6 Å². The van der Waals surface area contributed by atoms with Gasteiger partial charge < -0.3 is 14.7 Å². The summed E-state index contributed by atoms with van der Waals surface area (Å²) in [4.78, 5) is 28.1. The lowest BCUT2D eigenvalue weighted by Gasteiger charge is -1.78. The van der Waals surface area contributed by atoms with Gasteiger partial charge in [0.2, 0.25) is 0 Å². The molecule has 0 aromatic carbocycles. The molecule has 0 amide bonds. The third-order valence-electron chi connectivity index (χ3n) is 0.644. The minimum absolute atomic E-state index is 0.513. The van der Waals surface area contributed by atoms with E-state index in [0.717, 1.165) is 19.5 Å². The van der Waals surface area contributed by atoms with Gasteiger partial charge in [0.15, 0.2) is 0 Å². The first-order valence-corrected chi connectivity index (χ1v) is 3.22. The molecule has 0 heterocycles. The minimum Gasteiger partial charge on any atom is -0.481 e. The second kappa shape index (κ2) is 11.6. The number of aldehydes is 2. The summed E-state index contributed by atoms with van der Waals surface area (Å²) in [6, 6.07) is 0. The number of hydrogen-bond donors (Lipinski definition) is 1. The molecule has 0 radical (unpaired) electrons. The topological polar surface area (TPSA) is 71.4 Å². The van der Waals surface area contributed by atoms with E-state index in [1.54, 1.807) is 0 Å². The number of hydrogen-bond acceptors (Lipinski definition) is 3. The average Bonchev–Trinajstić information content (AvgIpc) is 1.88. The van der Waals surface area contributed by atoms with Crippen molar-refractivity contribution in [2.45, 2.75) is 26.2 Å². The first-order valence-electron chi connectivity index (χ1n) is 3.22. The molecule has 0 rings (SSSR count). The molecular weight excluding hydrogens is 148 g/mol. The molecule has 0 unspecified atom stereocenters. The van der Waals surface area contributed by atoms with E-state index in [9.17, 15) is 9.59 Å². The highest BCUT2D eigenvalue weighted by molar-refractivity contribution is 5.62. The van der Waals surface area contributed by atoms with Crippen molar-refractivity contribution in [3.8, 4) is 0 Å². The number of aliphatic carboxylic acids is 1. The third kappa shape index (κ3) is 51.7. The fraction of sp³-hybridized carbons (Fsp3) is 0.571. The lowest BCUT2D eigenvalue weighted by Crippen LogP contribution is -1.78. The lowest BCUT2D eigenvalue weighted by atomic mass is 10.3. The van der Waals surface area contributed by atoms with Gasteiger partial charge in [0.25, 0.3) is 5.97 Å². The van der Waals surface area contributed by atoms with Gasteiger partial charge in [0, 0.05) is 19.8 Å². The smallest absolute Gasteiger partial charge is 0.300 e. The summed E-state index contributed by atoms with van der Waals surface area (Å²) in [5, 5.41) is 7.42. The van der Waals surface area contributed by atoms with Crippen LogP contribution < -0.4 is 0 Å². The zero-order valence-electron chi connectivity index (χ0n) is 6.45. The number of unbranched alkanes of at least 4 members (excludes halogenated alkanes) is 2. The van der Waals surface area contributed by atoms with Gasteiger partial charge >= 0.3 is 0 Å². The van der Waals surface area contributed by atoms with Crippen LogP contribution in [-0.2, 0) is 14.4 Å². The van der Waals surface area contributed by atoms with Crippen molar-refractivity contribution in [3.05, 3.63) is 0 Å². The van der Waals surface area contributed by atoms with E-state index in [2.05, 4.69) is 0 Å². The normalized spacial score (nSPS) is 7.36. The highest BCUT2D eigenvalue weighted by Crippen LogP contribution is 1.85.